The largest absolute Gasteiger partial charge is 0.468 e. The number of carbonyl (C=O) groups is 1. The smallest absolute Gasteiger partial charge is 0.417 e. The third-order valence-electron chi connectivity index (χ3n) is 2.91. The van der Waals surface area contributed by atoms with Crippen LogP contribution in [-0.2, 0) is 15.7 Å². The highest BCUT2D eigenvalue weighted by molar-refractivity contribution is 5.76. The second kappa shape index (κ2) is 6.48. The number of halogens is 3. The minimum atomic E-state index is -4.59. The number of nitrogens with zero attached hydrogens (tertiary/aromatic N) is 2. The van der Waals surface area contributed by atoms with Crippen molar-refractivity contribution in [1.29, 1.82) is 5.26 Å². The van der Waals surface area contributed by atoms with E-state index in [4.69, 9.17) is 5.26 Å². The van der Waals surface area contributed by atoms with Crippen LogP contribution in [0.3, 0.4) is 0 Å². The van der Waals surface area contributed by atoms with Gasteiger partial charge in [-0.25, -0.2) is 0 Å². The molecule has 21 heavy (non-hydrogen) atoms. The van der Waals surface area contributed by atoms with E-state index in [0.717, 1.165) is 12.1 Å². The minimum Gasteiger partial charge on any atom is -0.468 e. The van der Waals surface area contributed by atoms with Gasteiger partial charge in [-0.05, 0) is 32.0 Å². The lowest BCUT2D eigenvalue weighted by Crippen LogP contribution is -2.36. The zero-order valence-corrected chi connectivity index (χ0v) is 11.9. The summed E-state index contributed by atoms with van der Waals surface area (Å²) in [5.74, 6) is -0.512. The van der Waals surface area contributed by atoms with Crippen LogP contribution in [0.1, 0.15) is 25.0 Å². The normalized spacial score (nSPS) is 11.1. The van der Waals surface area contributed by atoms with Gasteiger partial charge < -0.3 is 9.64 Å². The molecule has 4 nitrogen and oxygen atoms in total. The molecule has 1 aromatic rings. The van der Waals surface area contributed by atoms with Gasteiger partial charge in [0.1, 0.15) is 6.54 Å². The Labute approximate surface area is 120 Å². The topological polar surface area (TPSA) is 53.3 Å². The summed E-state index contributed by atoms with van der Waals surface area (Å²) < 4.78 is 42.8. The fourth-order valence-corrected chi connectivity index (χ4v) is 1.83. The van der Waals surface area contributed by atoms with Crippen LogP contribution in [0.25, 0.3) is 0 Å². The molecule has 0 aliphatic rings. The minimum absolute atomic E-state index is 0.107. The number of nitriles is 1. The average Bonchev–Trinajstić information content (AvgIpc) is 2.42. The zero-order chi connectivity index (χ0) is 16.2. The van der Waals surface area contributed by atoms with E-state index < -0.39 is 23.3 Å². The molecule has 0 atom stereocenters. The lowest BCUT2D eigenvalue weighted by Gasteiger charge is -2.28. The van der Waals surface area contributed by atoms with E-state index in [0.29, 0.717) is 5.69 Å². The lowest BCUT2D eigenvalue weighted by atomic mass is 10.1. The first-order valence-electron chi connectivity index (χ1n) is 6.15. The Balaban J connectivity index is 3.23. The number of benzene rings is 1. The first kappa shape index (κ1) is 16.8. The maximum atomic E-state index is 12.8. The molecule has 0 bridgehead atoms. The van der Waals surface area contributed by atoms with Crippen molar-refractivity contribution in [1.82, 2.24) is 0 Å². The summed E-state index contributed by atoms with van der Waals surface area (Å²) >= 11 is 0. The monoisotopic (exact) mass is 300 g/mol. The van der Waals surface area contributed by atoms with E-state index in [9.17, 15) is 18.0 Å². The molecule has 0 aliphatic carbocycles. The van der Waals surface area contributed by atoms with Crippen LogP contribution in [0.5, 0.6) is 0 Å². The highest BCUT2D eigenvalue weighted by Crippen LogP contribution is 2.34. The molecule has 0 saturated carbocycles. The Bertz CT molecular complexity index is 562. The highest BCUT2D eigenvalue weighted by Gasteiger charge is 2.34. The Kier molecular flexibility index (Phi) is 5.19. The standard InChI is InChI=1S/C14H15F3N2O2/c1-9(2)19(8-13(20)21-3)11-4-5-12(14(15,16)17)10(6-11)7-18/h4-6,9H,8H2,1-3H3. The molecule has 0 saturated heterocycles. The van der Waals surface area contributed by atoms with Gasteiger partial charge in [0.25, 0.3) is 0 Å². The van der Waals surface area contributed by atoms with Gasteiger partial charge in [-0.1, -0.05) is 0 Å². The lowest BCUT2D eigenvalue weighted by molar-refractivity contribution is -0.139. The number of esters is 1. The third-order valence-corrected chi connectivity index (χ3v) is 2.91. The van der Waals surface area contributed by atoms with Gasteiger partial charge >= 0.3 is 12.1 Å². The van der Waals surface area contributed by atoms with Crippen molar-refractivity contribution >= 4 is 11.7 Å². The summed E-state index contributed by atoms with van der Waals surface area (Å²) in [6, 6.07) is 4.62. The van der Waals surface area contributed by atoms with Gasteiger partial charge in [-0.2, -0.15) is 18.4 Å². The van der Waals surface area contributed by atoms with Crippen molar-refractivity contribution in [3.8, 4) is 6.07 Å². The van der Waals surface area contributed by atoms with Crippen molar-refractivity contribution in [2.24, 2.45) is 0 Å². The fourth-order valence-electron chi connectivity index (χ4n) is 1.83. The number of rotatable bonds is 4. The van der Waals surface area contributed by atoms with Crippen LogP contribution in [0, 0.1) is 11.3 Å². The number of methoxy groups -OCH3 is 1. The van der Waals surface area contributed by atoms with Crippen LogP contribution in [0.15, 0.2) is 18.2 Å². The van der Waals surface area contributed by atoms with Crippen molar-refractivity contribution in [2.45, 2.75) is 26.1 Å². The molecule has 0 heterocycles. The summed E-state index contributed by atoms with van der Waals surface area (Å²) in [6.45, 7) is 3.46. The predicted octanol–water partition coefficient (Wildman–Crippen LogP) is 2.96. The number of ether oxygens (including phenoxy) is 1. The van der Waals surface area contributed by atoms with Gasteiger partial charge in [0.2, 0.25) is 0 Å². The molecule has 0 N–H and O–H groups in total. The number of alkyl halides is 3. The van der Waals surface area contributed by atoms with Crippen LogP contribution in [0.4, 0.5) is 18.9 Å². The number of carbonyl (C=O) groups excluding carboxylic acids is 1. The van der Waals surface area contributed by atoms with Gasteiger partial charge in [0, 0.05) is 11.7 Å². The molecule has 1 rings (SSSR count). The van der Waals surface area contributed by atoms with Crippen molar-refractivity contribution < 1.29 is 22.7 Å². The summed E-state index contributed by atoms with van der Waals surface area (Å²) in [5.41, 5.74) is -1.11. The van der Waals surface area contributed by atoms with Crippen molar-refractivity contribution in [3.05, 3.63) is 29.3 Å². The Hall–Kier alpha value is -2.23. The van der Waals surface area contributed by atoms with Gasteiger partial charge in [-0.15, -0.1) is 0 Å². The Morgan fingerprint density at radius 2 is 2.05 bits per heavy atom. The molecule has 0 radical (unpaired) electrons. The molecular weight excluding hydrogens is 285 g/mol. The molecule has 114 valence electrons. The molecule has 0 amide bonds. The van der Waals surface area contributed by atoms with E-state index in [-0.39, 0.29) is 12.6 Å². The molecule has 0 spiro atoms. The van der Waals surface area contributed by atoms with E-state index in [1.165, 1.54) is 13.2 Å². The van der Waals surface area contributed by atoms with E-state index in [1.807, 2.05) is 0 Å². The summed E-state index contributed by atoms with van der Waals surface area (Å²) in [4.78, 5) is 12.9. The molecule has 0 aromatic heterocycles. The molecule has 0 unspecified atom stereocenters. The van der Waals surface area contributed by atoms with Gasteiger partial charge in [-0.3, -0.25) is 4.79 Å². The SMILES string of the molecule is COC(=O)CN(c1ccc(C(F)(F)F)c(C#N)c1)C(C)C. The van der Waals surface area contributed by atoms with Crippen LogP contribution in [-0.4, -0.2) is 25.7 Å². The summed E-state index contributed by atoms with van der Waals surface area (Å²) in [7, 11) is 1.23. The molecule has 7 heteroatoms. The Morgan fingerprint density at radius 1 is 1.43 bits per heavy atom. The number of anilines is 1. The third kappa shape index (κ3) is 4.12. The summed E-state index contributed by atoms with van der Waals surface area (Å²) in [6.07, 6.45) is -4.59. The highest BCUT2D eigenvalue weighted by atomic mass is 19.4. The number of hydrogen-bond donors (Lipinski definition) is 0. The van der Waals surface area contributed by atoms with Gasteiger partial charge in [0.15, 0.2) is 0 Å². The molecule has 1 aromatic carbocycles. The maximum Gasteiger partial charge on any atom is 0.417 e. The second-order valence-corrected chi connectivity index (χ2v) is 4.64. The second-order valence-electron chi connectivity index (χ2n) is 4.64. The van der Waals surface area contributed by atoms with Crippen LogP contribution < -0.4 is 4.90 Å². The van der Waals surface area contributed by atoms with Gasteiger partial charge in [0.05, 0.1) is 24.3 Å². The quantitative estimate of drug-likeness (QED) is 0.802. The first-order valence-corrected chi connectivity index (χ1v) is 6.15. The van der Waals surface area contributed by atoms with E-state index >= 15 is 0 Å². The maximum absolute atomic E-state index is 12.8. The van der Waals surface area contributed by atoms with Crippen LogP contribution >= 0.6 is 0 Å². The fraction of sp³-hybridized carbons (Fsp3) is 0.429. The first-order chi connectivity index (χ1) is 9.70. The van der Waals surface area contributed by atoms with Crippen LogP contribution in [0.2, 0.25) is 0 Å². The Morgan fingerprint density at radius 3 is 2.48 bits per heavy atom. The average molecular weight is 300 g/mol. The number of hydrogen-bond acceptors (Lipinski definition) is 4. The van der Waals surface area contributed by atoms with E-state index in [1.54, 1.807) is 24.8 Å². The van der Waals surface area contributed by atoms with Crippen molar-refractivity contribution in [3.63, 3.8) is 0 Å². The predicted molar refractivity (Wildman–Crippen MR) is 70.7 cm³/mol. The van der Waals surface area contributed by atoms with Crippen molar-refractivity contribution in [2.75, 3.05) is 18.6 Å². The van der Waals surface area contributed by atoms with E-state index in [2.05, 4.69) is 4.74 Å². The zero-order valence-electron chi connectivity index (χ0n) is 11.9. The summed E-state index contributed by atoms with van der Waals surface area (Å²) in [5, 5.41) is 8.89. The molecule has 0 aliphatic heterocycles. The molecular formula is C14H15F3N2O2. The molecule has 0 fully saturated rings.